The molecule has 6 heteroatoms. The molecule has 0 aromatic heterocycles. The number of alkyl halides is 1. The molecule has 0 saturated carbocycles. The number of sulfonamides is 1. The fourth-order valence-corrected chi connectivity index (χ4v) is 3.63. The summed E-state index contributed by atoms with van der Waals surface area (Å²) in [5.74, 6) is 0. The Hall–Kier alpha value is 0.350. The van der Waals surface area contributed by atoms with E-state index in [2.05, 4.69) is 27.8 Å². The molecule has 0 N–H and O–H groups in total. The van der Waals surface area contributed by atoms with Gasteiger partial charge in [0.05, 0.1) is 0 Å². The summed E-state index contributed by atoms with van der Waals surface area (Å²) in [4.78, 5) is 2.35. The van der Waals surface area contributed by atoms with E-state index in [1.165, 1.54) is 10.7 Å². The van der Waals surface area contributed by atoms with Crippen LogP contribution in [0.25, 0.3) is 0 Å². The SMILES string of the molecule is CCN1CCCC1CN(C)S(=O)(=O)CBr. The number of halogens is 1. The maximum atomic E-state index is 11.5. The van der Waals surface area contributed by atoms with Gasteiger partial charge in [0.25, 0.3) is 0 Å². The molecule has 90 valence electrons. The highest BCUT2D eigenvalue weighted by atomic mass is 79.9. The number of likely N-dealkylation sites (tertiary alicyclic amines) is 1. The summed E-state index contributed by atoms with van der Waals surface area (Å²) < 4.78 is 24.6. The molecule has 0 bridgehead atoms. The molecule has 0 aliphatic carbocycles. The summed E-state index contributed by atoms with van der Waals surface area (Å²) in [6.45, 7) is 4.84. The highest BCUT2D eigenvalue weighted by molar-refractivity contribution is 9.10. The zero-order valence-electron chi connectivity index (χ0n) is 9.32. The van der Waals surface area contributed by atoms with Crippen LogP contribution < -0.4 is 0 Å². The summed E-state index contributed by atoms with van der Waals surface area (Å²) in [5.41, 5.74) is 0. The van der Waals surface area contributed by atoms with Crippen LogP contribution in [-0.4, -0.2) is 55.0 Å². The minimum atomic E-state index is -3.09. The van der Waals surface area contributed by atoms with Crippen molar-refractivity contribution in [2.24, 2.45) is 0 Å². The summed E-state index contributed by atoms with van der Waals surface area (Å²) in [6, 6.07) is 0.397. The molecule has 1 aliphatic rings. The van der Waals surface area contributed by atoms with Gasteiger partial charge in [-0.1, -0.05) is 22.9 Å². The van der Waals surface area contributed by atoms with E-state index in [1.54, 1.807) is 7.05 Å². The van der Waals surface area contributed by atoms with Crippen LogP contribution >= 0.6 is 15.9 Å². The minimum Gasteiger partial charge on any atom is -0.299 e. The van der Waals surface area contributed by atoms with Crippen molar-refractivity contribution < 1.29 is 8.42 Å². The Balaban J connectivity index is 2.54. The lowest BCUT2D eigenvalue weighted by molar-refractivity contribution is 0.238. The van der Waals surface area contributed by atoms with Crippen LogP contribution in [0, 0.1) is 0 Å². The monoisotopic (exact) mass is 298 g/mol. The van der Waals surface area contributed by atoms with E-state index < -0.39 is 10.0 Å². The van der Waals surface area contributed by atoms with E-state index in [0.29, 0.717) is 12.6 Å². The molecule has 0 spiro atoms. The second-order valence-electron chi connectivity index (χ2n) is 3.93. The van der Waals surface area contributed by atoms with E-state index >= 15 is 0 Å². The normalized spacial score (nSPS) is 23.9. The van der Waals surface area contributed by atoms with Crippen molar-refractivity contribution in [2.45, 2.75) is 25.8 Å². The number of nitrogens with zero attached hydrogens (tertiary/aromatic N) is 2. The summed E-state index contributed by atoms with van der Waals surface area (Å²) in [7, 11) is -1.44. The van der Waals surface area contributed by atoms with Gasteiger partial charge in [0.1, 0.15) is 4.66 Å². The Labute approximate surface area is 101 Å². The van der Waals surface area contributed by atoms with Crippen LogP contribution in [0.15, 0.2) is 0 Å². The van der Waals surface area contributed by atoms with Crippen molar-refractivity contribution >= 4 is 26.0 Å². The average Bonchev–Trinajstić information content (AvgIpc) is 2.65. The second kappa shape index (κ2) is 5.61. The predicted octanol–water partition coefficient (Wildman–Crippen LogP) is 1.08. The third-order valence-electron chi connectivity index (χ3n) is 2.99. The van der Waals surface area contributed by atoms with E-state index in [-0.39, 0.29) is 4.66 Å². The molecule has 1 saturated heterocycles. The third kappa shape index (κ3) is 3.41. The van der Waals surface area contributed by atoms with Crippen molar-refractivity contribution in [1.29, 1.82) is 0 Å². The first-order valence-corrected chi connectivity index (χ1v) is 7.98. The Morgan fingerprint density at radius 2 is 2.20 bits per heavy atom. The van der Waals surface area contributed by atoms with Crippen molar-refractivity contribution in [3.05, 3.63) is 0 Å². The number of likely N-dealkylation sites (N-methyl/N-ethyl adjacent to an activating group) is 2. The Morgan fingerprint density at radius 3 is 2.73 bits per heavy atom. The molecule has 1 aliphatic heterocycles. The molecule has 4 nitrogen and oxygen atoms in total. The Bertz CT molecular complexity index is 294. The average molecular weight is 299 g/mol. The molecule has 1 unspecified atom stereocenters. The standard InChI is InChI=1S/C9H19BrN2O2S/c1-3-12-6-4-5-9(12)7-11(2)15(13,14)8-10/h9H,3-8H2,1-2H3. The van der Waals surface area contributed by atoms with Gasteiger partial charge in [-0.25, -0.2) is 12.7 Å². The van der Waals surface area contributed by atoms with Gasteiger partial charge in [0.2, 0.25) is 10.0 Å². The van der Waals surface area contributed by atoms with Gasteiger partial charge < -0.3 is 0 Å². The first kappa shape index (κ1) is 13.4. The fraction of sp³-hybridized carbons (Fsp3) is 1.00. The summed E-state index contributed by atoms with van der Waals surface area (Å²) >= 11 is 3.01. The van der Waals surface area contributed by atoms with Crippen molar-refractivity contribution in [3.8, 4) is 0 Å². The Kier molecular flexibility index (Phi) is 5.02. The van der Waals surface area contributed by atoms with E-state index in [9.17, 15) is 8.42 Å². The van der Waals surface area contributed by atoms with Crippen molar-refractivity contribution in [3.63, 3.8) is 0 Å². The molecule has 0 amide bonds. The van der Waals surface area contributed by atoms with Crippen LogP contribution in [0.1, 0.15) is 19.8 Å². The maximum Gasteiger partial charge on any atom is 0.223 e. The fourth-order valence-electron chi connectivity index (χ4n) is 2.01. The second-order valence-corrected chi connectivity index (χ2v) is 7.31. The summed E-state index contributed by atoms with van der Waals surface area (Å²) in [5, 5.41) is 0. The smallest absolute Gasteiger partial charge is 0.223 e. The van der Waals surface area contributed by atoms with Gasteiger partial charge in [-0.2, -0.15) is 0 Å². The van der Waals surface area contributed by atoms with Crippen molar-refractivity contribution in [2.75, 3.05) is 31.3 Å². The molecular weight excluding hydrogens is 280 g/mol. The minimum absolute atomic E-state index is 0.00927. The lowest BCUT2D eigenvalue weighted by atomic mass is 10.2. The predicted molar refractivity (Wildman–Crippen MR) is 65.6 cm³/mol. The molecule has 0 aromatic rings. The first-order valence-electron chi connectivity index (χ1n) is 5.25. The van der Waals surface area contributed by atoms with Crippen LogP contribution in [-0.2, 0) is 10.0 Å². The zero-order chi connectivity index (χ0) is 11.5. The van der Waals surface area contributed by atoms with Gasteiger partial charge in [-0.05, 0) is 25.9 Å². The van der Waals surface area contributed by atoms with E-state index in [1.807, 2.05) is 0 Å². The number of hydrogen-bond donors (Lipinski definition) is 0. The topological polar surface area (TPSA) is 40.6 Å². The van der Waals surface area contributed by atoms with E-state index in [0.717, 1.165) is 19.5 Å². The van der Waals surface area contributed by atoms with Gasteiger partial charge in [0, 0.05) is 19.6 Å². The molecule has 1 fully saturated rings. The third-order valence-corrected chi connectivity index (χ3v) is 6.10. The van der Waals surface area contributed by atoms with Gasteiger partial charge >= 0.3 is 0 Å². The van der Waals surface area contributed by atoms with Gasteiger partial charge in [-0.3, -0.25) is 4.90 Å². The zero-order valence-corrected chi connectivity index (χ0v) is 11.7. The van der Waals surface area contributed by atoms with Crippen LogP contribution in [0.4, 0.5) is 0 Å². The number of hydrogen-bond acceptors (Lipinski definition) is 3. The summed E-state index contributed by atoms with van der Waals surface area (Å²) in [6.07, 6.45) is 2.29. The highest BCUT2D eigenvalue weighted by Crippen LogP contribution is 2.18. The molecular formula is C9H19BrN2O2S. The molecule has 1 atom stereocenters. The quantitative estimate of drug-likeness (QED) is 0.713. The molecule has 0 aromatic carbocycles. The van der Waals surface area contributed by atoms with Crippen LogP contribution in [0.5, 0.6) is 0 Å². The number of rotatable bonds is 5. The molecule has 1 heterocycles. The van der Waals surface area contributed by atoms with E-state index in [4.69, 9.17) is 0 Å². The largest absolute Gasteiger partial charge is 0.299 e. The van der Waals surface area contributed by atoms with Gasteiger partial charge in [0.15, 0.2) is 0 Å². The van der Waals surface area contributed by atoms with Crippen LogP contribution in [0.3, 0.4) is 0 Å². The first-order chi connectivity index (χ1) is 7.01. The maximum absolute atomic E-state index is 11.5. The molecule has 0 radical (unpaired) electrons. The Morgan fingerprint density at radius 1 is 1.53 bits per heavy atom. The van der Waals surface area contributed by atoms with Crippen LogP contribution in [0.2, 0.25) is 0 Å². The van der Waals surface area contributed by atoms with Gasteiger partial charge in [-0.15, -0.1) is 0 Å². The lowest BCUT2D eigenvalue weighted by Crippen LogP contribution is -2.41. The highest BCUT2D eigenvalue weighted by Gasteiger charge is 2.27. The molecule has 1 rings (SSSR count). The molecule has 15 heavy (non-hydrogen) atoms. The van der Waals surface area contributed by atoms with Crippen molar-refractivity contribution in [1.82, 2.24) is 9.21 Å². The lowest BCUT2D eigenvalue weighted by Gasteiger charge is -2.26.